The van der Waals surface area contributed by atoms with E-state index in [-0.39, 0.29) is 5.41 Å². The van der Waals surface area contributed by atoms with E-state index in [9.17, 15) is 4.79 Å². The number of ketones is 1. The van der Waals surface area contributed by atoms with Gasteiger partial charge in [-0.25, -0.2) is 0 Å². The molecule has 3 rings (SSSR count). The lowest BCUT2D eigenvalue weighted by atomic mass is 9.64. The summed E-state index contributed by atoms with van der Waals surface area (Å²) in [7, 11) is 0. The summed E-state index contributed by atoms with van der Waals surface area (Å²) in [5.41, 5.74) is 2.87. The quantitative estimate of drug-likeness (QED) is 0.771. The fraction of sp³-hybridized carbons (Fsp3) is 0.588. The van der Waals surface area contributed by atoms with Crippen molar-refractivity contribution < 1.29 is 4.79 Å². The van der Waals surface area contributed by atoms with Crippen molar-refractivity contribution in [1.29, 1.82) is 0 Å². The second kappa shape index (κ2) is 4.75. The molecule has 1 fully saturated rings. The summed E-state index contributed by atoms with van der Waals surface area (Å²) in [5.74, 6) is 0.427. The second-order valence-corrected chi connectivity index (χ2v) is 6.46. The molecule has 0 saturated carbocycles. The van der Waals surface area contributed by atoms with Gasteiger partial charge in [-0.15, -0.1) is 0 Å². The number of hydrogen-bond acceptors (Lipinski definition) is 2. The number of fused-ring (bicyclic) bond motifs is 2. The minimum atomic E-state index is 0.136. The summed E-state index contributed by atoms with van der Waals surface area (Å²) in [6, 6.07) is 9.21. The lowest BCUT2D eigenvalue weighted by Crippen LogP contribution is -2.48. The fourth-order valence-electron chi connectivity index (χ4n) is 3.85. The van der Waals surface area contributed by atoms with Gasteiger partial charge in [-0.3, -0.25) is 4.79 Å². The number of carbonyl (C=O) groups excluding carboxylic acids is 1. The summed E-state index contributed by atoms with van der Waals surface area (Å²) in [4.78, 5) is 14.6. The third-order valence-corrected chi connectivity index (χ3v) is 5.00. The van der Waals surface area contributed by atoms with Gasteiger partial charge in [-0.2, -0.15) is 0 Å². The summed E-state index contributed by atoms with van der Waals surface area (Å²) in [6.45, 7) is 6.77. The van der Waals surface area contributed by atoms with Gasteiger partial charge >= 0.3 is 0 Å². The molecule has 0 unspecified atom stereocenters. The highest BCUT2D eigenvalue weighted by molar-refractivity contribution is 5.85. The van der Waals surface area contributed by atoms with Gasteiger partial charge in [0, 0.05) is 24.3 Å². The van der Waals surface area contributed by atoms with Gasteiger partial charge in [0.2, 0.25) is 0 Å². The Bertz CT molecular complexity index is 484. The maximum absolute atomic E-state index is 12.1. The Morgan fingerprint density at radius 2 is 1.84 bits per heavy atom. The molecule has 102 valence electrons. The molecule has 1 spiro atoms. The van der Waals surface area contributed by atoms with E-state index in [1.807, 2.05) is 0 Å². The highest BCUT2D eigenvalue weighted by Crippen LogP contribution is 2.43. The van der Waals surface area contributed by atoms with Crippen LogP contribution in [0.2, 0.25) is 0 Å². The van der Waals surface area contributed by atoms with Crippen LogP contribution in [0, 0.1) is 0 Å². The van der Waals surface area contributed by atoms with Crippen molar-refractivity contribution in [2.24, 2.45) is 0 Å². The number of likely N-dealkylation sites (tertiary alicyclic amines) is 1. The summed E-state index contributed by atoms with van der Waals surface area (Å²) in [5, 5.41) is 0. The predicted molar refractivity (Wildman–Crippen MR) is 77.4 cm³/mol. The van der Waals surface area contributed by atoms with E-state index in [0.717, 1.165) is 32.4 Å². The largest absolute Gasteiger partial charge is 0.301 e. The van der Waals surface area contributed by atoms with Crippen LogP contribution in [0.25, 0.3) is 0 Å². The van der Waals surface area contributed by atoms with Crippen molar-refractivity contribution in [3.05, 3.63) is 35.4 Å². The topological polar surface area (TPSA) is 20.3 Å². The predicted octanol–water partition coefficient (Wildman–Crippen LogP) is 2.94. The zero-order valence-corrected chi connectivity index (χ0v) is 12.0. The van der Waals surface area contributed by atoms with E-state index in [1.165, 1.54) is 11.1 Å². The first-order valence-electron chi connectivity index (χ1n) is 7.45. The van der Waals surface area contributed by atoms with Crippen molar-refractivity contribution in [2.75, 3.05) is 13.1 Å². The van der Waals surface area contributed by atoms with Crippen molar-refractivity contribution >= 4 is 5.78 Å². The van der Waals surface area contributed by atoms with E-state index in [0.29, 0.717) is 18.2 Å². The van der Waals surface area contributed by atoms with Gasteiger partial charge in [0.1, 0.15) is 5.78 Å². The molecule has 2 heteroatoms. The number of Topliss-reactive ketones (excluding diaryl/α,β-unsaturated/α-hetero) is 1. The molecule has 1 aromatic rings. The minimum Gasteiger partial charge on any atom is -0.301 e. The van der Waals surface area contributed by atoms with E-state index >= 15 is 0 Å². The van der Waals surface area contributed by atoms with Gasteiger partial charge in [0.15, 0.2) is 0 Å². The Labute approximate surface area is 115 Å². The van der Waals surface area contributed by atoms with E-state index in [2.05, 4.69) is 43.0 Å². The Morgan fingerprint density at radius 3 is 2.53 bits per heavy atom. The number of rotatable bonds is 1. The Balaban J connectivity index is 1.91. The zero-order chi connectivity index (χ0) is 13.5. The van der Waals surface area contributed by atoms with Gasteiger partial charge < -0.3 is 4.90 Å². The third kappa shape index (κ3) is 2.23. The molecule has 2 nitrogen and oxygen atoms in total. The first-order valence-corrected chi connectivity index (χ1v) is 7.45. The molecule has 1 aliphatic heterocycles. The molecule has 0 amide bonds. The standard InChI is InChI=1S/C17H23NO/c1-13(2)18-9-7-17(8-10-18)12-15(19)11-14-5-3-4-6-16(14)17/h3-6,13H,7-12H2,1-2H3. The SMILES string of the molecule is CC(C)N1CCC2(CC1)CC(=O)Cc1ccccc12. The Kier molecular flexibility index (Phi) is 3.22. The number of carbonyl (C=O) groups is 1. The molecule has 19 heavy (non-hydrogen) atoms. The lowest BCUT2D eigenvalue weighted by molar-refractivity contribution is -0.120. The van der Waals surface area contributed by atoms with Crippen LogP contribution in [-0.4, -0.2) is 29.8 Å². The first kappa shape index (κ1) is 12.9. The number of benzene rings is 1. The van der Waals surface area contributed by atoms with Crippen LogP contribution in [0.5, 0.6) is 0 Å². The maximum atomic E-state index is 12.1. The van der Waals surface area contributed by atoms with Crippen LogP contribution in [0.15, 0.2) is 24.3 Å². The smallest absolute Gasteiger partial charge is 0.138 e. The number of piperidine rings is 1. The lowest BCUT2D eigenvalue weighted by Gasteiger charge is -2.46. The fourth-order valence-corrected chi connectivity index (χ4v) is 3.85. The molecule has 0 radical (unpaired) electrons. The van der Waals surface area contributed by atoms with E-state index < -0.39 is 0 Å². The molecule has 1 aliphatic carbocycles. The van der Waals surface area contributed by atoms with Crippen LogP contribution in [0.1, 0.15) is 44.2 Å². The minimum absolute atomic E-state index is 0.136. The maximum Gasteiger partial charge on any atom is 0.138 e. The van der Waals surface area contributed by atoms with Crippen molar-refractivity contribution in [3.63, 3.8) is 0 Å². The highest BCUT2D eigenvalue weighted by atomic mass is 16.1. The molecule has 2 aliphatic rings. The molecule has 0 N–H and O–H groups in total. The molecule has 1 heterocycles. The molecule has 0 bridgehead atoms. The van der Waals surface area contributed by atoms with E-state index in [4.69, 9.17) is 0 Å². The highest BCUT2D eigenvalue weighted by Gasteiger charge is 2.42. The van der Waals surface area contributed by atoms with Crippen molar-refractivity contribution in [2.45, 2.75) is 51.0 Å². The van der Waals surface area contributed by atoms with Crippen LogP contribution in [0.3, 0.4) is 0 Å². The van der Waals surface area contributed by atoms with Crippen LogP contribution >= 0.6 is 0 Å². The van der Waals surface area contributed by atoms with Gasteiger partial charge in [0.25, 0.3) is 0 Å². The summed E-state index contributed by atoms with van der Waals surface area (Å²) < 4.78 is 0. The summed E-state index contributed by atoms with van der Waals surface area (Å²) in [6.07, 6.45) is 3.67. The molecular weight excluding hydrogens is 234 g/mol. The number of nitrogens with zero attached hydrogens (tertiary/aromatic N) is 1. The molecular formula is C17H23NO. The molecule has 1 saturated heterocycles. The van der Waals surface area contributed by atoms with Gasteiger partial charge in [-0.05, 0) is 50.9 Å². The van der Waals surface area contributed by atoms with Crippen molar-refractivity contribution in [3.8, 4) is 0 Å². The van der Waals surface area contributed by atoms with Crippen LogP contribution < -0.4 is 0 Å². The van der Waals surface area contributed by atoms with Crippen molar-refractivity contribution in [1.82, 2.24) is 4.90 Å². The van der Waals surface area contributed by atoms with Gasteiger partial charge in [0.05, 0.1) is 0 Å². The Hall–Kier alpha value is -1.15. The van der Waals surface area contributed by atoms with Gasteiger partial charge in [-0.1, -0.05) is 24.3 Å². The van der Waals surface area contributed by atoms with Crippen LogP contribution in [0.4, 0.5) is 0 Å². The summed E-state index contributed by atoms with van der Waals surface area (Å²) >= 11 is 0. The monoisotopic (exact) mass is 257 g/mol. The molecule has 0 atom stereocenters. The second-order valence-electron chi connectivity index (χ2n) is 6.46. The Morgan fingerprint density at radius 1 is 1.16 bits per heavy atom. The number of hydrogen-bond donors (Lipinski definition) is 0. The molecule has 0 aromatic heterocycles. The van der Waals surface area contributed by atoms with E-state index in [1.54, 1.807) is 0 Å². The molecule has 1 aromatic carbocycles. The average molecular weight is 257 g/mol. The normalized spacial score (nSPS) is 22.8. The first-order chi connectivity index (χ1) is 9.11. The average Bonchev–Trinajstić information content (AvgIpc) is 2.39. The van der Waals surface area contributed by atoms with Crippen LogP contribution in [-0.2, 0) is 16.6 Å². The third-order valence-electron chi connectivity index (χ3n) is 5.00. The zero-order valence-electron chi connectivity index (χ0n) is 12.0.